The number of hydrogen-bond donors (Lipinski definition) is 0. The number of aryl methyl sites for hydroxylation is 1. The molecule has 0 bridgehead atoms. The molecule has 32 heavy (non-hydrogen) atoms. The molecule has 2 aromatic carbocycles. The van der Waals surface area contributed by atoms with E-state index in [4.69, 9.17) is 23.9 Å². The Morgan fingerprint density at radius 2 is 1.91 bits per heavy atom. The molecule has 1 saturated heterocycles. The fourth-order valence-electron chi connectivity index (χ4n) is 4.88. The van der Waals surface area contributed by atoms with Crippen LogP contribution in [-0.2, 0) is 16.5 Å². The third kappa shape index (κ3) is 2.34. The summed E-state index contributed by atoms with van der Waals surface area (Å²) in [6.07, 6.45) is -2.17. The highest BCUT2D eigenvalue weighted by atomic mass is 16.8. The minimum atomic E-state index is -0.827. The lowest BCUT2D eigenvalue weighted by atomic mass is 9.87. The Morgan fingerprint density at radius 1 is 1.12 bits per heavy atom. The van der Waals surface area contributed by atoms with Gasteiger partial charge in [-0.05, 0) is 26.0 Å². The molecule has 1 fully saturated rings. The molecule has 6 rings (SSSR count). The first-order valence-electron chi connectivity index (χ1n) is 10.3. The van der Waals surface area contributed by atoms with Gasteiger partial charge in [0.1, 0.15) is 22.7 Å². The highest BCUT2D eigenvalue weighted by Gasteiger charge is 2.54. The third-order valence-corrected chi connectivity index (χ3v) is 6.38. The predicted octanol–water partition coefficient (Wildman–Crippen LogP) is 4.00. The van der Waals surface area contributed by atoms with E-state index in [-0.39, 0.29) is 5.43 Å². The molecule has 2 aromatic heterocycles. The van der Waals surface area contributed by atoms with Gasteiger partial charge in [-0.25, -0.2) is 9.78 Å². The summed E-state index contributed by atoms with van der Waals surface area (Å²) in [4.78, 5) is 30.4. The van der Waals surface area contributed by atoms with Crippen LogP contribution < -0.4 is 14.9 Å². The van der Waals surface area contributed by atoms with E-state index in [1.54, 1.807) is 6.07 Å². The maximum Gasteiger partial charge on any atom is 0.509 e. The van der Waals surface area contributed by atoms with Gasteiger partial charge in [0.15, 0.2) is 12.2 Å². The van der Waals surface area contributed by atoms with Crippen molar-refractivity contribution >= 4 is 39.0 Å². The second kappa shape index (κ2) is 6.12. The lowest BCUT2D eigenvalue weighted by Crippen LogP contribution is -2.48. The molecular formula is C24H20N2O6. The molecule has 0 amide bonds. The molecule has 2 aliphatic heterocycles. The normalized spacial score (nSPS) is 21.1. The summed E-state index contributed by atoms with van der Waals surface area (Å²) < 4.78 is 24.7. The second-order valence-electron chi connectivity index (χ2n) is 8.69. The summed E-state index contributed by atoms with van der Waals surface area (Å²) in [7, 11) is 3.34. The van der Waals surface area contributed by atoms with Crippen LogP contribution in [0.3, 0.4) is 0 Å². The van der Waals surface area contributed by atoms with Crippen LogP contribution in [0.25, 0.3) is 32.8 Å². The number of benzene rings is 2. The van der Waals surface area contributed by atoms with E-state index >= 15 is 0 Å². The van der Waals surface area contributed by atoms with Gasteiger partial charge >= 0.3 is 6.16 Å². The quantitative estimate of drug-likeness (QED) is 0.332. The monoisotopic (exact) mass is 432 g/mol. The molecule has 2 aliphatic rings. The Labute approximate surface area is 182 Å². The van der Waals surface area contributed by atoms with Gasteiger partial charge in [0.05, 0.1) is 34.5 Å². The summed E-state index contributed by atoms with van der Waals surface area (Å²) in [5.74, 6) is 0.797. The zero-order chi connectivity index (χ0) is 22.4. The van der Waals surface area contributed by atoms with Crippen molar-refractivity contribution in [3.8, 4) is 11.5 Å². The van der Waals surface area contributed by atoms with Gasteiger partial charge in [0, 0.05) is 18.5 Å². The molecule has 2 atom stereocenters. The number of pyridine rings is 2. The largest absolute Gasteiger partial charge is 0.509 e. The topological polar surface area (TPSA) is 88.9 Å². The zero-order valence-corrected chi connectivity index (χ0v) is 18.0. The first-order chi connectivity index (χ1) is 15.3. The standard InChI is InChI=1S/C24H20N2O6/c1-24(2)21-20(30-23(28)31-21)17-15(32-24)10-14-16(19(17)29-4)18(27)12-9-11-7-5-6-8-13(11)25-22(12)26(14)3/h5-10,20-21H,1-4H3/t20-,21-/m0/s1. The molecule has 0 spiro atoms. The van der Waals surface area contributed by atoms with Gasteiger partial charge < -0.3 is 23.5 Å². The van der Waals surface area contributed by atoms with Crippen LogP contribution in [0.1, 0.15) is 25.5 Å². The van der Waals surface area contributed by atoms with Crippen molar-refractivity contribution in [1.29, 1.82) is 0 Å². The number of carbonyl (C=O) groups excluding carboxylic acids is 1. The fourth-order valence-corrected chi connectivity index (χ4v) is 4.88. The van der Waals surface area contributed by atoms with Crippen molar-refractivity contribution in [3.05, 3.63) is 52.2 Å². The lowest BCUT2D eigenvalue weighted by Gasteiger charge is -2.39. The van der Waals surface area contributed by atoms with Crippen LogP contribution in [-0.4, -0.2) is 34.5 Å². The SMILES string of the molecule is COc1c2c(cc3c1c(=O)c1cc4ccccc4nc1n3C)OC(C)(C)[C@H]1OC(=O)O[C@@H]21. The fraction of sp³-hybridized carbons (Fsp3) is 0.292. The number of hydrogen-bond acceptors (Lipinski definition) is 7. The van der Waals surface area contributed by atoms with E-state index < -0.39 is 24.0 Å². The molecule has 8 nitrogen and oxygen atoms in total. The smallest absolute Gasteiger partial charge is 0.495 e. The molecule has 0 N–H and O–H groups in total. The van der Waals surface area contributed by atoms with Gasteiger partial charge in [-0.3, -0.25) is 4.79 Å². The van der Waals surface area contributed by atoms with Crippen molar-refractivity contribution in [2.45, 2.75) is 31.7 Å². The molecular weight excluding hydrogens is 412 g/mol. The van der Waals surface area contributed by atoms with Crippen LogP contribution in [0.4, 0.5) is 4.79 Å². The summed E-state index contributed by atoms with van der Waals surface area (Å²) in [5.41, 5.74) is 1.44. The highest BCUT2D eigenvalue weighted by molar-refractivity contribution is 6.01. The van der Waals surface area contributed by atoms with Gasteiger partial charge in [-0.15, -0.1) is 0 Å². The number of carbonyl (C=O) groups is 1. The number of para-hydroxylation sites is 1. The second-order valence-corrected chi connectivity index (χ2v) is 8.69. The highest BCUT2D eigenvalue weighted by Crippen LogP contribution is 2.52. The Bertz CT molecular complexity index is 1540. The summed E-state index contributed by atoms with van der Waals surface area (Å²) >= 11 is 0. The van der Waals surface area contributed by atoms with Crippen LogP contribution in [0.5, 0.6) is 11.5 Å². The van der Waals surface area contributed by atoms with E-state index in [0.717, 1.165) is 10.9 Å². The van der Waals surface area contributed by atoms with Gasteiger partial charge in [0.25, 0.3) is 0 Å². The number of methoxy groups -OCH3 is 1. The third-order valence-electron chi connectivity index (χ3n) is 6.38. The maximum atomic E-state index is 13.7. The minimum Gasteiger partial charge on any atom is -0.495 e. The van der Waals surface area contributed by atoms with Gasteiger partial charge in [-0.1, -0.05) is 18.2 Å². The molecule has 4 aromatic rings. The maximum absolute atomic E-state index is 13.7. The summed E-state index contributed by atoms with van der Waals surface area (Å²) in [5, 5.41) is 1.73. The number of aromatic nitrogens is 2. The molecule has 0 aliphatic carbocycles. The molecule has 0 radical (unpaired) electrons. The Kier molecular flexibility index (Phi) is 3.62. The first-order valence-corrected chi connectivity index (χ1v) is 10.3. The van der Waals surface area contributed by atoms with Crippen LogP contribution in [0, 0.1) is 0 Å². The number of fused-ring (bicyclic) bond motifs is 6. The lowest BCUT2D eigenvalue weighted by molar-refractivity contribution is -0.0509. The van der Waals surface area contributed by atoms with E-state index in [0.29, 0.717) is 39.0 Å². The Balaban J connectivity index is 1.76. The molecule has 0 unspecified atom stereocenters. The van der Waals surface area contributed by atoms with E-state index in [9.17, 15) is 9.59 Å². The summed E-state index contributed by atoms with van der Waals surface area (Å²) in [6.45, 7) is 3.67. The Hall–Kier alpha value is -3.81. The molecule has 4 heterocycles. The predicted molar refractivity (Wildman–Crippen MR) is 117 cm³/mol. The average Bonchev–Trinajstić information content (AvgIpc) is 3.17. The molecule has 0 saturated carbocycles. The van der Waals surface area contributed by atoms with Crippen LogP contribution in [0.15, 0.2) is 41.2 Å². The number of ether oxygens (including phenoxy) is 4. The van der Waals surface area contributed by atoms with Crippen molar-refractivity contribution < 1.29 is 23.7 Å². The van der Waals surface area contributed by atoms with Crippen molar-refractivity contribution in [1.82, 2.24) is 9.55 Å². The van der Waals surface area contributed by atoms with Crippen molar-refractivity contribution in [2.75, 3.05) is 7.11 Å². The number of rotatable bonds is 1. The van der Waals surface area contributed by atoms with E-state index in [1.807, 2.05) is 55.8 Å². The molecule has 162 valence electrons. The summed E-state index contributed by atoms with van der Waals surface area (Å²) in [6, 6.07) is 11.3. The van der Waals surface area contributed by atoms with E-state index in [1.165, 1.54) is 7.11 Å². The average molecular weight is 432 g/mol. The first kappa shape index (κ1) is 18.9. The Morgan fingerprint density at radius 3 is 2.69 bits per heavy atom. The van der Waals surface area contributed by atoms with Crippen molar-refractivity contribution in [3.63, 3.8) is 0 Å². The molecule has 8 heteroatoms. The number of nitrogens with zero attached hydrogens (tertiary/aromatic N) is 2. The van der Waals surface area contributed by atoms with Gasteiger partial charge in [0.2, 0.25) is 5.43 Å². The van der Waals surface area contributed by atoms with Crippen LogP contribution in [0.2, 0.25) is 0 Å². The van der Waals surface area contributed by atoms with Crippen molar-refractivity contribution in [2.24, 2.45) is 7.05 Å². The van der Waals surface area contributed by atoms with E-state index in [2.05, 4.69) is 0 Å². The minimum absolute atomic E-state index is 0.211. The zero-order valence-electron chi connectivity index (χ0n) is 18.0. The van der Waals surface area contributed by atoms with Gasteiger partial charge in [-0.2, -0.15) is 0 Å². The van der Waals surface area contributed by atoms with Crippen LogP contribution >= 0.6 is 0 Å².